The molecule has 1 saturated carbocycles. The third-order valence-corrected chi connectivity index (χ3v) is 13.8. The van der Waals surface area contributed by atoms with Crippen LogP contribution in [0.4, 0.5) is 22.0 Å². The Kier molecular flexibility index (Phi) is 5.61. The van der Waals surface area contributed by atoms with Crippen LogP contribution in [0.25, 0.3) is 0 Å². The molecule has 3 rings (SSSR count). The number of allylic oxidation sites excluding steroid dienone is 1. The van der Waals surface area contributed by atoms with E-state index in [0.29, 0.717) is 17.8 Å². The maximum absolute atomic E-state index is 14.0. The fourth-order valence-corrected chi connectivity index (χ4v) is 14.9. The number of benzene rings is 1. The highest BCUT2D eigenvalue weighted by atomic mass is 33.2. The Morgan fingerprint density at radius 2 is 1.73 bits per heavy atom. The van der Waals surface area contributed by atoms with E-state index in [1.165, 1.54) is 11.4 Å². The van der Waals surface area contributed by atoms with Gasteiger partial charge in [-0.05, 0) is 62.2 Å². The summed E-state index contributed by atoms with van der Waals surface area (Å²) in [5, 5.41) is 0. The summed E-state index contributed by atoms with van der Waals surface area (Å²) in [7, 11) is 0. The van der Waals surface area contributed by atoms with E-state index < -0.39 is 38.7 Å². The largest absolute Gasteiger partial charge is 0.329 e. The van der Waals surface area contributed by atoms with E-state index in [-0.39, 0.29) is 16.8 Å². The Morgan fingerprint density at radius 3 is 2.27 bits per heavy atom. The van der Waals surface area contributed by atoms with Crippen molar-refractivity contribution in [3.05, 3.63) is 41.2 Å². The number of halogens is 5. The minimum absolute atomic E-state index is 0.234. The summed E-state index contributed by atoms with van der Waals surface area (Å²) in [6.07, 6.45) is 2.15. The quantitative estimate of drug-likeness (QED) is 0.163. The van der Waals surface area contributed by atoms with E-state index in [1.54, 1.807) is 0 Å². The molecule has 4 atom stereocenters. The molecule has 1 aromatic carbocycles. The lowest BCUT2D eigenvalue weighted by Crippen LogP contribution is -2.39. The topological polar surface area (TPSA) is 9.23 Å². The van der Waals surface area contributed by atoms with Gasteiger partial charge >= 0.3 is 0 Å². The van der Waals surface area contributed by atoms with Gasteiger partial charge in [0, 0.05) is 4.75 Å². The van der Waals surface area contributed by atoms with E-state index in [0.717, 1.165) is 18.4 Å². The van der Waals surface area contributed by atoms with Crippen LogP contribution in [-0.4, -0.2) is 10.9 Å². The van der Waals surface area contributed by atoms with E-state index in [2.05, 4.69) is 6.58 Å². The molecule has 1 aliphatic heterocycles. The highest BCUT2D eigenvalue weighted by molar-refractivity contribution is 8.99. The molecular formula is C16H16F5OPS3. The Morgan fingerprint density at radius 1 is 1.19 bits per heavy atom. The minimum Gasteiger partial charge on any atom is -0.329 e. The second kappa shape index (κ2) is 7.07. The van der Waals surface area contributed by atoms with Crippen molar-refractivity contribution in [1.29, 1.82) is 0 Å². The second-order valence-corrected chi connectivity index (χ2v) is 17.4. The number of hydrogen-bond donors (Lipinski definition) is 0. The molecule has 1 aromatic rings. The summed E-state index contributed by atoms with van der Waals surface area (Å²) < 4.78 is 70.9. The van der Waals surface area contributed by atoms with E-state index >= 15 is 0 Å². The minimum atomic E-state index is -2.93. The van der Waals surface area contributed by atoms with Gasteiger partial charge in [-0.25, -0.2) is 22.0 Å². The molecule has 0 radical (unpaired) electrons. The Balaban J connectivity index is 1.91. The lowest BCUT2D eigenvalue weighted by atomic mass is 9.77. The number of rotatable bonds is 3. The van der Waals surface area contributed by atoms with E-state index in [4.69, 9.17) is 16.3 Å². The van der Waals surface area contributed by atoms with Gasteiger partial charge in [-0.3, -0.25) is 0 Å². The maximum atomic E-state index is 14.0. The summed E-state index contributed by atoms with van der Waals surface area (Å²) in [6, 6.07) is 0. The molecule has 0 amide bonds. The zero-order chi connectivity index (χ0) is 19.4. The predicted octanol–water partition coefficient (Wildman–Crippen LogP) is 6.97. The normalized spacial score (nSPS) is 34.0. The first kappa shape index (κ1) is 20.6. The van der Waals surface area contributed by atoms with Crippen LogP contribution in [0.2, 0.25) is 0 Å². The maximum Gasteiger partial charge on any atom is 0.200 e. The molecule has 2 aliphatic rings. The zero-order valence-corrected chi connectivity index (χ0v) is 17.3. The van der Waals surface area contributed by atoms with Crippen molar-refractivity contribution in [3.63, 3.8) is 0 Å². The van der Waals surface area contributed by atoms with Gasteiger partial charge in [0.25, 0.3) is 0 Å². The van der Waals surface area contributed by atoms with Crippen molar-refractivity contribution in [2.45, 2.75) is 48.9 Å². The van der Waals surface area contributed by atoms with Crippen molar-refractivity contribution in [3.8, 4) is 0 Å². The highest BCUT2D eigenvalue weighted by Crippen LogP contribution is 2.82. The first-order chi connectivity index (χ1) is 12.0. The zero-order valence-electron chi connectivity index (χ0n) is 14.0. The van der Waals surface area contributed by atoms with Crippen LogP contribution in [-0.2, 0) is 16.3 Å². The van der Waals surface area contributed by atoms with Crippen molar-refractivity contribution >= 4 is 39.2 Å². The van der Waals surface area contributed by atoms with Gasteiger partial charge in [-0.1, -0.05) is 23.5 Å². The van der Waals surface area contributed by atoms with Gasteiger partial charge in [0.05, 0.1) is 11.0 Å². The molecule has 1 aliphatic carbocycles. The summed E-state index contributed by atoms with van der Waals surface area (Å²) in [5.74, 6) is -9.56. The van der Waals surface area contributed by atoms with E-state index in [9.17, 15) is 22.0 Å². The molecule has 2 fully saturated rings. The standard InChI is InChI=1S/C16H16F5OPS3/c1-7(2)8-4-5-16(3)9(6-8)22-23(24,26-16)25-15-13(20)11(18)10(17)12(19)14(15)21/h8-9H,1,4-6H2,2-3H3/t8-,9+,16+,23?/m0/s1. The number of hydrogen-bond acceptors (Lipinski definition) is 4. The lowest BCUT2D eigenvalue weighted by molar-refractivity contribution is 0.129. The van der Waals surface area contributed by atoms with Crippen LogP contribution in [0.3, 0.4) is 0 Å². The molecule has 0 aromatic heterocycles. The first-order valence-corrected chi connectivity index (χ1v) is 13.4. The highest BCUT2D eigenvalue weighted by Gasteiger charge is 2.53. The van der Waals surface area contributed by atoms with Crippen LogP contribution in [0.15, 0.2) is 17.0 Å². The fraction of sp³-hybridized carbons (Fsp3) is 0.500. The van der Waals surface area contributed by atoms with Crippen molar-refractivity contribution in [1.82, 2.24) is 0 Å². The molecule has 1 nitrogen and oxygen atoms in total. The van der Waals surface area contributed by atoms with Gasteiger partial charge in [0.15, 0.2) is 27.9 Å². The molecule has 26 heavy (non-hydrogen) atoms. The smallest absolute Gasteiger partial charge is 0.200 e. The van der Waals surface area contributed by atoms with Crippen LogP contribution >= 0.6 is 27.4 Å². The molecule has 1 unspecified atom stereocenters. The molecule has 10 heteroatoms. The van der Waals surface area contributed by atoms with Crippen molar-refractivity contribution < 1.29 is 26.5 Å². The molecule has 1 saturated heterocycles. The first-order valence-electron chi connectivity index (χ1n) is 7.83. The fourth-order valence-electron chi connectivity index (χ4n) is 3.20. The molecular weight excluding hydrogens is 430 g/mol. The third-order valence-electron chi connectivity index (χ3n) is 4.82. The van der Waals surface area contributed by atoms with Gasteiger partial charge in [0.1, 0.15) is 0 Å². The molecule has 0 bridgehead atoms. The predicted molar refractivity (Wildman–Crippen MR) is 99.4 cm³/mol. The molecule has 1 heterocycles. The summed E-state index contributed by atoms with van der Waals surface area (Å²) in [4.78, 5) is -0.962. The van der Waals surface area contributed by atoms with Gasteiger partial charge in [0.2, 0.25) is 5.82 Å². The Hall–Kier alpha value is -0.0800. The van der Waals surface area contributed by atoms with E-state index in [1.807, 2.05) is 13.8 Å². The molecule has 0 spiro atoms. The molecule has 0 N–H and O–H groups in total. The third kappa shape index (κ3) is 3.50. The van der Waals surface area contributed by atoms with Crippen molar-refractivity contribution in [2.75, 3.05) is 0 Å². The van der Waals surface area contributed by atoms with Crippen LogP contribution in [0, 0.1) is 35.0 Å². The van der Waals surface area contributed by atoms with Gasteiger partial charge < -0.3 is 4.52 Å². The average Bonchev–Trinajstić information content (AvgIpc) is 2.84. The molecule has 144 valence electrons. The monoisotopic (exact) mass is 446 g/mol. The Bertz CT molecular complexity index is 804. The second-order valence-electron chi connectivity index (χ2n) is 6.75. The van der Waals surface area contributed by atoms with Crippen LogP contribution < -0.4 is 0 Å². The van der Waals surface area contributed by atoms with Crippen molar-refractivity contribution in [2.24, 2.45) is 5.92 Å². The summed E-state index contributed by atoms with van der Waals surface area (Å²) in [6.45, 7) is 7.88. The van der Waals surface area contributed by atoms with Crippen LogP contribution in [0.1, 0.15) is 33.1 Å². The number of fused-ring (bicyclic) bond motifs is 1. The lowest BCUT2D eigenvalue weighted by Gasteiger charge is -2.37. The Labute approximate surface area is 161 Å². The average molecular weight is 446 g/mol. The summed E-state index contributed by atoms with van der Waals surface area (Å²) in [5.41, 5.74) is 1.04. The SMILES string of the molecule is C=C(C)[C@H]1CC[C@@]2(C)SP(=S)(Sc3c(F)c(F)c(F)c(F)c3F)O[C@@H]2C1. The van der Waals surface area contributed by atoms with Gasteiger partial charge in [-0.2, -0.15) is 0 Å². The summed E-state index contributed by atoms with van der Waals surface area (Å²) >= 11 is 7.27. The van der Waals surface area contributed by atoms with Crippen LogP contribution in [0.5, 0.6) is 0 Å². The van der Waals surface area contributed by atoms with Gasteiger partial charge in [-0.15, -0.1) is 0 Å².